The van der Waals surface area contributed by atoms with Gasteiger partial charge in [0.15, 0.2) is 0 Å². The molecule has 0 unspecified atom stereocenters. The minimum Gasteiger partial charge on any atom is -0.508 e. The number of aryl methyl sites for hydroxylation is 1. The molecule has 0 amide bonds. The minimum atomic E-state index is 0.0512. The monoisotopic (exact) mass is 367 g/mol. The number of halogens is 1. The van der Waals surface area contributed by atoms with Crippen LogP contribution >= 0.6 is 11.6 Å². The molecule has 1 aliphatic rings. The van der Waals surface area contributed by atoms with Gasteiger partial charge in [-0.05, 0) is 43.4 Å². The number of aromatic nitrogens is 1. The number of methoxy groups -OCH3 is 1. The number of aliphatic hydroxyl groups is 1. The Kier molecular flexibility index (Phi) is 4.41. The standard InChI is InChI=1S/C22H22ClNO2/c1-14(25)15-8-6-12-21(26-2)18(15)13-24-20-11-4-3-7-16(20)17-9-5-10-19(23)22(17)24/h5-6,8-10,12,25H,1,3-4,7,11,13H2,2H3. The van der Waals surface area contributed by atoms with Gasteiger partial charge in [0.05, 0.1) is 24.2 Å². The molecule has 26 heavy (non-hydrogen) atoms. The van der Waals surface area contributed by atoms with Crippen molar-refractivity contribution in [3.8, 4) is 5.75 Å². The van der Waals surface area contributed by atoms with Crippen molar-refractivity contribution in [2.75, 3.05) is 7.11 Å². The van der Waals surface area contributed by atoms with Gasteiger partial charge in [0.1, 0.15) is 11.5 Å². The molecule has 2 aromatic carbocycles. The molecule has 0 saturated carbocycles. The lowest BCUT2D eigenvalue weighted by molar-refractivity contribution is 0.407. The third kappa shape index (κ3) is 2.67. The molecule has 4 heteroatoms. The predicted molar refractivity (Wildman–Crippen MR) is 107 cm³/mol. The van der Waals surface area contributed by atoms with Gasteiger partial charge in [0.2, 0.25) is 0 Å². The molecule has 0 radical (unpaired) electrons. The Morgan fingerprint density at radius 2 is 1.96 bits per heavy atom. The molecule has 134 valence electrons. The second-order valence-electron chi connectivity index (χ2n) is 6.79. The van der Waals surface area contributed by atoms with Crippen LogP contribution in [0.4, 0.5) is 0 Å². The van der Waals surface area contributed by atoms with E-state index in [1.54, 1.807) is 7.11 Å². The van der Waals surface area contributed by atoms with Crippen LogP contribution in [0.15, 0.2) is 43.0 Å². The Morgan fingerprint density at radius 3 is 2.73 bits per heavy atom. The van der Waals surface area contributed by atoms with Crippen LogP contribution in [0, 0.1) is 0 Å². The minimum absolute atomic E-state index is 0.0512. The van der Waals surface area contributed by atoms with Gasteiger partial charge in [-0.1, -0.05) is 42.4 Å². The fourth-order valence-corrected chi connectivity index (χ4v) is 4.45. The topological polar surface area (TPSA) is 34.4 Å². The van der Waals surface area contributed by atoms with E-state index in [9.17, 15) is 5.11 Å². The second-order valence-corrected chi connectivity index (χ2v) is 7.19. The van der Waals surface area contributed by atoms with Crippen LogP contribution in [0.3, 0.4) is 0 Å². The normalized spacial score (nSPS) is 13.6. The number of hydrogen-bond acceptors (Lipinski definition) is 2. The van der Waals surface area contributed by atoms with Gasteiger partial charge in [-0.2, -0.15) is 0 Å². The van der Waals surface area contributed by atoms with Crippen molar-refractivity contribution in [1.82, 2.24) is 4.57 Å². The first kappa shape index (κ1) is 17.0. The maximum atomic E-state index is 10.1. The average Bonchev–Trinajstić information content (AvgIpc) is 2.97. The highest BCUT2D eigenvalue weighted by molar-refractivity contribution is 6.35. The van der Waals surface area contributed by atoms with Crippen molar-refractivity contribution in [2.45, 2.75) is 32.2 Å². The highest BCUT2D eigenvalue weighted by Gasteiger charge is 2.23. The van der Waals surface area contributed by atoms with Gasteiger partial charge in [0, 0.05) is 22.2 Å². The number of nitrogens with zero attached hydrogens (tertiary/aromatic N) is 1. The number of rotatable bonds is 4. The lowest BCUT2D eigenvalue weighted by Gasteiger charge is -2.19. The molecule has 1 aromatic heterocycles. The smallest absolute Gasteiger partial charge is 0.124 e. The van der Waals surface area contributed by atoms with E-state index in [1.165, 1.54) is 29.5 Å². The predicted octanol–water partition coefficient (Wildman–Crippen LogP) is 5.76. The fraction of sp³-hybridized carbons (Fsp3) is 0.273. The second kappa shape index (κ2) is 6.73. The molecule has 1 heterocycles. The van der Waals surface area contributed by atoms with E-state index < -0.39 is 0 Å². The third-order valence-corrected chi connectivity index (χ3v) is 5.63. The Morgan fingerprint density at radius 1 is 1.19 bits per heavy atom. The van der Waals surface area contributed by atoms with Crippen molar-refractivity contribution in [3.05, 3.63) is 70.4 Å². The summed E-state index contributed by atoms with van der Waals surface area (Å²) in [5, 5.41) is 12.1. The molecule has 3 nitrogen and oxygen atoms in total. The molecule has 4 rings (SSSR count). The molecule has 1 N–H and O–H groups in total. The summed E-state index contributed by atoms with van der Waals surface area (Å²) in [6.07, 6.45) is 4.54. The van der Waals surface area contributed by atoms with E-state index in [-0.39, 0.29) is 5.76 Å². The van der Waals surface area contributed by atoms with Gasteiger partial charge in [-0.3, -0.25) is 0 Å². The highest BCUT2D eigenvalue weighted by Crippen LogP contribution is 2.37. The summed E-state index contributed by atoms with van der Waals surface area (Å²) in [6, 6.07) is 11.8. The van der Waals surface area contributed by atoms with Crippen LogP contribution in [-0.4, -0.2) is 16.8 Å². The maximum Gasteiger partial charge on any atom is 0.124 e. The molecular weight excluding hydrogens is 346 g/mol. The number of para-hydroxylation sites is 1. The highest BCUT2D eigenvalue weighted by atomic mass is 35.5. The SMILES string of the molecule is C=C(O)c1cccc(OC)c1Cn1c2c(c3cccc(Cl)c31)CCCC2. The summed E-state index contributed by atoms with van der Waals surface area (Å²) in [4.78, 5) is 0. The van der Waals surface area contributed by atoms with Crippen molar-refractivity contribution >= 4 is 28.3 Å². The Hall–Kier alpha value is -2.39. The fourth-order valence-electron chi connectivity index (χ4n) is 4.17. The van der Waals surface area contributed by atoms with Gasteiger partial charge in [-0.25, -0.2) is 0 Å². The van der Waals surface area contributed by atoms with E-state index in [2.05, 4.69) is 17.2 Å². The van der Waals surface area contributed by atoms with Crippen molar-refractivity contribution in [2.24, 2.45) is 0 Å². The number of aliphatic hydroxyl groups excluding tert-OH is 1. The largest absolute Gasteiger partial charge is 0.508 e. The molecular formula is C22H22ClNO2. The molecule has 0 atom stereocenters. The quantitative estimate of drug-likeness (QED) is 0.595. The first-order chi connectivity index (χ1) is 12.6. The third-order valence-electron chi connectivity index (χ3n) is 5.33. The summed E-state index contributed by atoms with van der Waals surface area (Å²) in [5.74, 6) is 0.798. The first-order valence-electron chi connectivity index (χ1n) is 8.94. The molecule has 0 fully saturated rings. The average molecular weight is 368 g/mol. The van der Waals surface area contributed by atoms with Crippen molar-refractivity contribution in [1.29, 1.82) is 0 Å². The van der Waals surface area contributed by atoms with Crippen LogP contribution in [0.2, 0.25) is 5.02 Å². The zero-order chi connectivity index (χ0) is 18.3. The summed E-state index contributed by atoms with van der Waals surface area (Å²) in [7, 11) is 1.65. The van der Waals surface area contributed by atoms with Gasteiger partial charge >= 0.3 is 0 Å². The van der Waals surface area contributed by atoms with E-state index in [0.717, 1.165) is 34.7 Å². The zero-order valence-corrected chi connectivity index (χ0v) is 15.6. The first-order valence-corrected chi connectivity index (χ1v) is 9.32. The summed E-state index contributed by atoms with van der Waals surface area (Å²) in [6.45, 7) is 4.31. The number of benzene rings is 2. The summed E-state index contributed by atoms with van der Waals surface area (Å²) in [5.41, 5.74) is 5.46. The van der Waals surface area contributed by atoms with E-state index >= 15 is 0 Å². The van der Waals surface area contributed by atoms with Crippen LogP contribution in [0.5, 0.6) is 5.75 Å². The van der Waals surface area contributed by atoms with Gasteiger partial charge in [0.25, 0.3) is 0 Å². The van der Waals surface area contributed by atoms with E-state index in [1.807, 2.05) is 30.3 Å². The van der Waals surface area contributed by atoms with Crippen LogP contribution in [0.25, 0.3) is 16.7 Å². The van der Waals surface area contributed by atoms with Crippen LogP contribution < -0.4 is 4.74 Å². The van der Waals surface area contributed by atoms with Crippen molar-refractivity contribution in [3.63, 3.8) is 0 Å². The lowest BCUT2D eigenvalue weighted by atomic mass is 9.95. The molecule has 0 spiro atoms. The maximum absolute atomic E-state index is 10.1. The Balaban J connectivity index is 1.96. The molecule has 3 aromatic rings. The number of fused-ring (bicyclic) bond motifs is 3. The Labute approximate surface area is 158 Å². The molecule has 1 aliphatic carbocycles. The van der Waals surface area contributed by atoms with Crippen LogP contribution in [0.1, 0.15) is 35.2 Å². The van der Waals surface area contributed by atoms with E-state index in [0.29, 0.717) is 12.1 Å². The zero-order valence-electron chi connectivity index (χ0n) is 14.9. The van der Waals surface area contributed by atoms with Crippen molar-refractivity contribution < 1.29 is 9.84 Å². The Bertz CT molecular complexity index is 1000. The number of hydrogen-bond donors (Lipinski definition) is 1. The lowest BCUT2D eigenvalue weighted by Crippen LogP contribution is -2.11. The molecule has 0 bridgehead atoms. The van der Waals surface area contributed by atoms with Gasteiger partial charge < -0.3 is 14.4 Å². The van der Waals surface area contributed by atoms with E-state index in [4.69, 9.17) is 16.3 Å². The van der Waals surface area contributed by atoms with Crippen LogP contribution in [-0.2, 0) is 19.4 Å². The molecule has 0 saturated heterocycles. The number of ether oxygens (including phenoxy) is 1. The van der Waals surface area contributed by atoms with Gasteiger partial charge in [-0.15, -0.1) is 0 Å². The molecule has 0 aliphatic heterocycles. The summed E-state index contributed by atoms with van der Waals surface area (Å²) < 4.78 is 7.87. The summed E-state index contributed by atoms with van der Waals surface area (Å²) >= 11 is 6.61.